The first kappa shape index (κ1) is 19.4. The van der Waals surface area contributed by atoms with E-state index in [1.54, 1.807) is 7.11 Å². The van der Waals surface area contributed by atoms with Crippen molar-refractivity contribution in [2.24, 2.45) is 4.99 Å². The fourth-order valence-electron chi connectivity index (χ4n) is 2.90. The molecule has 0 saturated carbocycles. The summed E-state index contributed by atoms with van der Waals surface area (Å²) in [4.78, 5) is 6.79. The molecule has 0 radical (unpaired) electrons. The first-order chi connectivity index (χ1) is 12.3. The number of hydrogen-bond donors (Lipinski definition) is 2. The highest BCUT2D eigenvalue weighted by Gasteiger charge is 2.09. The average Bonchev–Trinajstić information content (AvgIpc) is 2.67. The Morgan fingerprint density at radius 2 is 1.88 bits per heavy atom. The molecule has 0 amide bonds. The standard InChI is InChI=1S/C19H32N4O2/c1-20-19(22-11-14-23-12-4-3-5-13-23)21-10-7-15-25-18-9-6-8-17(16-18)24-2/h6,8-9,16H,3-5,7,10-15H2,1-2H3,(H2,20,21,22). The highest BCUT2D eigenvalue weighted by atomic mass is 16.5. The van der Waals surface area contributed by atoms with Gasteiger partial charge in [-0.1, -0.05) is 12.5 Å². The number of ether oxygens (including phenoxy) is 2. The van der Waals surface area contributed by atoms with E-state index >= 15 is 0 Å². The number of guanidine groups is 1. The Morgan fingerprint density at radius 1 is 1.12 bits per heavy atom. The minimum atomic E-state index is 0.658. The van der Waals surface area contributed by atoms with E-state index < -0.39 is 0 Å². The summed E-state index contributed by atoms with van der Waals surface area (Å²) < 4.78 is 10.9. The number of likely N-dealkylation sites (tertiary alicyclic amines) is 1. The normalized spacial score (nSPS) is 15.7. The van der Waals surface area contributed by atoms with Crippen LogP contribution in [0.15, 0.2) is 29.3 Å². The number of nitrogens with one attached hydrogen (secondary N) is 2. The van der Waals surface area contributed by atoms with E-state index in [0.29, 0.717) is 6.61 Å². The molecule has 6 nitrogen and oxygen atoms in total. The lowest BCUT2D eigenvalue weighted by atomic mass is 10.1. The Morgan fingerprint density at radius 3 is 2.64 bits per heavy atom. The quantitative estimate of drug-likeness (QED) is 0.407. The fraction of sp³-hybridized carbons (Fsp3) is 0.632. The second-order valence-electron chi connectivity index (χ2n) is 6.21. The van der Waals surface area contributed by atoms with Crippen LogP contribution in [0.3, 0.4) is 0 Å². The minimum absolute atomic E-state index is 0.658. The van der Waals surface area contributed by atoms with Crippen LogP contribution in [0.5, 0.6) is 11.5 Å². The van der Waals surface area contributed by atoms with Crippen molar-refractivity contribution in [3.8, 4) is 11.5 Å². The Balaban J connectivity index is 1.54. The summed E-state index contributed by atoms with van der Waals surface area (Å²) in [6.45, 7) is 5.96. The van der Waals surface area contributed by atoms with E-state index in [-0.39, 0.29) is 0 Å². The van der Waals surface area contributed by atoms with Crippen LogP contribution in [0, 0.1) is 0 Å². The summed E-state index contributed by atoms with van der Waals surface area (Å²) in [5.74, 6) is 2.51. The van der Waals surface area contributed by atoms with Crippen molar-refractivity contribution >= 4 is 5.96 Å². The molecule has 2 N–H and O–H groups in total. The highest BCUT2D eigenvalue weighted by Crippen LogP contribution is 2.18. The monoisotopic (exact) mass is 348 g/mol. The maximum atomic E-state index is 5.74. The third-order valence-corrected chi connectivity index (χ3v) is 4.32. The minimum Gasteiger partial charge on any atom is -0.497 e. The van der Waals surface area contributed by atoms with Crippen molar-refractivity contribution in [2.75, 3.05) is 53.5 Å². The van der Waals surface area contributed by atoms with Crippen molar-refractivity contribution in [2.45, 2.75) is 25.7 Å². The fourth-order valence-corrected chi connectivity index (χ4v) is 2.90. The van der Waals surface area contributed by atoms with Gasteiger partial charge < -0.3 is 25.0 Å². The van der Waals surface area contributed by atoms with Gasteiger partial charge in [-0.3, -0.25) is 4.99 Å². The molecule has 1 aromatic rings. The molecule has 0 unspecified atom stereocenters. The van der Waals surface area contributed by atoms with Gasteiger partial charge in [-0.05, 0) is 44.5 Å². The Kier molecular flexibility index (Phi) is 8.97. The van der Waals surface area contributed by atoms with Crippen LogP contribution in [0.1, 0.15) is 25.7 Å². The Labute approximate surface area is 151 Å². The molecule has 1 aliphatic heterocycles. The van der Waals surface area contributed by atoms with E-state index in [1.807, 2.05) is 31.3 Å². The predicted octanol–water partition coefficient (Wildman–Crippen LogP) is 2.11. The van der Waals surface area contributed by atoms with Crippen LogP contribution in [0.25, 0.3) is 0 Å². The molecule has 0 bridgehead atoms. The number of benzene rings is 1. The van der Waals surface area contributed by atoms with Gasteiger partial charge in [0.15, 0.2) is 5.96 Å². The molecule has 0 spiro atoms. The third-order valence-electron chi connectivity index (χ3n) is 4.32. The van der Waals surface area contributed by atoms with Crippen molar-refractivity contribution < 1.29 is 9.47 Å². The number of methoxy groups -OCH3 is 1. The molecule has 0 aromatic heterocycles. The summed E-state index contributed by atoms with van der Waals surface area (Å²) in [5.41, 5.74) is 0. The van der Waals surface area contributed by atoms with E-state index in [1.165, 1.54) is 32.4 Å². The molecule has 1 heterocycles. The molecular weight excluding hydrogens is 316 g/mol. The summed E-state index contributed by atoms with van der Waals surface area (Å²) in [6.07, 6.45) is 4.95. The van der Waals surface area contributed by atoms with Gasteiger partial charge in [0.05, 0.1) is 13.7 Å². The van der Waals surface area contributed by atoms with Gasteiger partial charge >= 0.3 is 0 Å². The van der Waals surface area contributed by atoms with Crippen LogP contribution >= 0.6 is 0 Å². The first-order valence-electron chi connectivity index (χ1n) is 9.25. The van der Waals surface area contributed by atoms with Crippen LogP contribution in [0.4, 0.5) is 0 Å². The molecule has 1 saturated heterocycles. The van der Waals surface area contributed by atoms with Crippen molar-refractivity contribution in [1.82, 2.24) is 15.5 Å². The second-order valence-corrected chi connectivity index (χ2v) is 6.21. The van der Waals surface area contributed by atoms with Crippen LogP contribution in [-0.2, 0) is 0 Å². The van der Waals surface area contributed by atoms with Crippen LogP contribution in [0.2, 0.25) is 0 Å². The van der Waals surface area contributed by atoms with Gasteiger partial charge in [0.25, 0.3) is 0 Å². The lowest BCUT2D eigenvalue weighted by molar-refractivity contribution is 0.232. The van der Waals surface area contributed by atoms with Gasteiger partial charge in [0, 0.05) is 32.7 Å². The van der Waals surface area contributed by atoms with Gasteiger partial charge in [-0.15, -0.1) is 0 Å². The number of nitrogens with zero attached hydrogens (tertiary/aromatic N) is 2. The summed E-state index contributed by atoms with van der Waals surface area (Å²) in [7, 11) is 3.47. The highest BCUT2D eigenvalue weighted by molar-refractivity contribution is 5.79. The summed E-state index contributed by atoms with van der Waals surface area (Å²) in [5, 5.41) is 6.71. The maximum Gasteiger partial charge on any atom is 0.191 e. The second kappa shape index (κ2) is 11.6. The van der Waals surface area contributed by atoms with Crippen molar-refractivity contribution in [3.63, 3.8) is 0 Å². The number of aliphatic imine (C=N–C) groups is 1. The van der Waals surface area contributed by atoms with Gasteiger partial charge in [0.1, 0.15) is 11.5 Å². The molecule has 6 heteroatoms. The smallest absolute Gasteiger partial charge is 0.191 e. The van der Waals surface area contributed by atoms with E-state index in [2.05, 4.69) is 20.5 Å². The van der Waals surface area contributed by atoms with Gasteiger partial charge in [0.2, 0.25) is 0 Å². The third kappa shape index (κ3) is 7.65. The topological polar surface area (TPSA) is 58.1 Å². The number of piperidine rings is 1. The van der Waals surface area contributed by atoms with E-state index in [4.69, 9.17) is 9.47 Å². The molecule has 1 aromatic carbocycles. The van der Waals surface area contributed by atoms with Crippen molar-refractivity contribution in [1.29, 1.82) is 0 Å². The molecule has 140 valence electrons. The molecule has 25 heavy (non-hydrogen) atoms. The molecule has 0 atom stereocenters. The molecule has 2 rings (SSSR count). The van der Waals surface area contributed by atoms with Crippen LogP contribution in [-0.4, -0.2) is 64.3 Å². The molecule has 1 fully saturated rings. The Hall–Kier alpha value is -1.95. The van der Waals surface area contributed by atoms with Crippen LogP contribution < -0.4 is 20.1 Å². The summed E-state index contributed by atoms with van der Waals surface area (Å²) in [6, 6.07) is 7.68. The van der Waals surface area contributed by atoms with Gasteiger partial charge in [-0.2, -0.15) is 0 Å². The zero-order valence-electron chi connectivity index (χ0n) is 15.6. The lowest BCUT2D eigenvalue weighted by Crippen LogP contribution is -2.43. The van der Waals surface area contributed by atoms with Gasteiger partial charge in [-0.25, -0.2) is 0 Å². The van der Waals surface area contributed by atoms with E-state index in [0.717, 1.165) is 43.5 Å². The zero-order valence-corrected chi connectivity index (χ0v) is 15.6. The molecule has 1 aliphatic rings. The predicted molar refractivity (Wildman–Crippen MR) is 103 cm³/mol. The first-order valence-corrected chi connectivity index (χ1v) is 9.25. The SMILES string of the molecule is CN=C(NCCCOc1cccc(OC)c1)NCCN1CCCCC1. The van der Waals surface area contributed by atoms with E-state index in [9.17, 15) is 0 Å². The average molecular weight is 348 g/mol. The number of hydrogen-bond acceptors (Lipinski definition) is 4. The summed E-state index contributed by atoms with van der Waals surface area (Å²) >= 11 is 0. The number of rotatable bonds is 9. The van der Waals surface area contributed by atoms with Crippen molar-refractivity contribution in [3.05, 3.63) is 24.3 Å². The Bertz CT molecular complexity index is 516. The molecular formula is C19H32N4O2. The lowest BCUT2D eigenvalue weighted by Gasteiger charge is -2.26. The zero-order chi connectivity index (χ0) is 17.7. The largest absolute Gasteiger partial charge is 0.497 e. The molecule has 0 aliphatic carbocycles. The maximum absolute atomic E-state index is 5.74.